The molecule has 1 aliphatic heterocycles. The van der Waals surface area contributed by atoms with E-state index in [0.29, 0.717) is 24.5 Å². The van der Waals surface area contributed by atoms with Crippen molar-refractivity contribution in [1.82, 2.24) is 14.9 Å². The van der Waals surface area contributed by atoms with E-state index in [1.165, 1.54) is 0 Å². The summed E-state index contributed by atoms with van der Waals surface area (Å²) in [5.74, 6) is 0.740. The average molecular weight is 480 g/mol. The van der Waals surface area contributed by atoms with Crippen molar-refractivity contribution in [3.8, 4) is 0 Å². The summed E-state index contributed by atoms with van der Waals surface area (Å²) in [6, 6.07) is 7.12. The lowest BCUT2D eigenvalue weighted by Gasteiger charge is -2.26. The summed E-state index contributed by atoms with van der Waals surface area (Å²) >= 11 is 0. The molecule has 0 unspecified atom stereocenters. The maximum atomic E-state index is 12.7. The molecule has 1 aromatic rings. The minimum Gasteiger partial charge on any atom is -0.357 e. The molecule has 1 heterocycles. The van der Waals surface area contributed by atoms with Crippen molar-refractivity contribution in [2.75, 3.05) is 26.2 Å². The van der Waals surface area contributed by atoms with Gasteiger partial charge in [0.2, 0.25) is 10.0 Å². The van der Waals surface area contributed by atoms with Crippen LogP contribution in [-0.2, 0) is 16.6 Å². The Hall–Kier alpha value is -0.870. The van der Waals surface area contributed by atoms with Gasteiger partial charge in [-0.15, -0.1) is 24.0 Å². The van der Waals surface area contributed by atoms with Crippen molar-refractivity contribution < 1.29 is 8.42 Å². The smallest absolute Gasteiger partial charge is 0.243 e. The second-order valence-corrected chi connectivity index (χ2v) is 7.78. The summed E-state index contributed by atoms with van der Waals surface area (Å²) < 4.78 is 27.1. The molecule has 25 heavy (non-hydrogen) atoms. The molecule has 1 fully saturated rings. The highest BCUT2D eigenvalue weighted by Crippen LogP contribution is 2.21. The third-order valence-corrected chi connectivity index (χ3v) is 5.85. The maximum absolute atomic E-state index is 12.7. The molecule has 0 radical (unpaired) electrons. The van der Waals surface area contributed by atoms with Gasteiger partial charge in [-0.3, -0.25) is 0 Å². The number of nitrogens with zero attached hydrogens (tertiary/aromatic N) is 2. The molecule has 0 spiro atoms. The second-order valence-electron chi connectivity index (χ2n) is 5.84. The second kappa shape index (κ2) is 11.0. The van der Waals surface area contributed by atoms with Crippen LogP contribution in [0.3, 0.4) is 0 Å². The molecule has 2 rings (SSSR count). The summed E-state index contributed by atoms with van der Waals surface area (Å²) in [6.07, 6.45) is 2.99. The van der Waals surface area contributed by atoms with E-state index in [9.17, 15) is 8.42 Å². The van der Waals surface area contributed by atoms with Crippen LogP contribution in [0, 0.1) is 0 Å². The van der Waals surface area contributed by atoms with Crippen LogP contribution in [0.4, 0.5) is 0 Å². The zero-order valence-electron chi connectivity index (χ0n) is 15.0. The fourth-order valence-electron chi connectivity index (χ4n) is 2.74. The third-order valence-electron chi connectivity index (χ3n) is 3.96. The highest BCUT2D eigenvalue weighted by molar-refractivity contribution is 14.0. The summed E-state index contributed by atoms with van der Waals surface area (Å²) in [6.45, 7) is 7.28. The molecular weight excluding hydrogens is 451 g/mol. The Labute approximate surface area is 168 Å². The maximum Gasteiger partial charge on any atom is 0.243 e. The molecule has 1 saturated heterocycles. The average Bonchev–Trinajstić information content (AvgIpc) is 2.61. The molecule has 0 saturated carbocycles. The molecule has 142 valence electrons. The lowest BCUT2D eigenvalue weighted by atomic mass is 10.2. The van der Waals surface area contributed by atoms with E-state index >= 15 is 0 Å². The molecular formula is C17H29IN4O2S. The van der Waals surface area contributed by atoms with Crippen LogP contribution in [0.1, 0.15) is 38.7 Å². The van der Waals surface area contributed by atoms with Crippen LogP contribution in [0.2, 0.25) is 0 Å². The van der Waals surface area contributed by atoms with Crippen LogP contribution in [0.5, 0.6) is 0 Å². The highest BCUT2D eigenvalue weighted by Gasteiger charge is 2.25. The lowest BCUT2D eigenvalue weighted by Crippen LogP contribution is -2.37. The van der Waals surface area contributed by atoms with E-state index in [1.807, 2.05) is 19.9 Å². The molecule has 2 N–H and O–H groups in total. The Balaban J connectivity index is 0.00000312. The number of sulfonamides is 1. The highest BCUT2D eigenvalue weighted by atomic mass is 127. The van der Waals surface area contributed by atoms with Crippen LogP contribution in [0.15, 0.2) is 34.2 Å². The zero-order valence-corrected chi connectivity index (χ0v) is 18.1. The number of piperidine rings is 1. The van der Waals surface area contributed by atoms with Crippen molar-refractivity contribution in [3.05, 3.63) is 29.8 Å². The Morgan fingerprint density at radius 1 is 1.12 bits per heavy atom. The van der Waals surface area contributed by atoms with Gasteiger partial charge in [0.1, 0.15) is 0 Å². The SMILES string of the molecule is CCNC(=NCc1cccc(S(=O)(=O)N2CCCCC2)c1)NCC.I. The fourth-order valence-corrected chi connectivity index (χ4v) is 4.33. The van der Waals surface area contributed by atoms with Crippen molar-refractivity contribution in [2.45, 2.75) is 44.6 Å². The standard InChI is InChI=1S/C17H28N4O2S.HI/c1-3-18-17(19-4-2)20-14-15-9-8-10-16(13-15)24(22,23)21-11-6-5-7-12-21;/h8-10,13H,3-7,11-12,14H2,1-2H3,(H2,18,19,20);1H. The molecule has 0 aliphatic carbocycles. The van der Waals surface area contributed by atoms with Gasteiger partial charge in [0.15, 0.2) is 5.96 Å². The van der Waals surface area contributed by atoms with Crippen molar-refractivity contribution in [2.24, 2.45) is 4.99 Å². The fraction of sp³-hybridized carbons (Fsp3) is 0.588. The number of rotatable bonds is 6. The van der Waals surface area contributed by atoms with Gasteiger partial charge in [-0.1, -0.05) is 18.6 Å². The van der Waals surface area contributed by atoms with Gasteiger partial charge >= 0.3 is 0 Å². The first-order chi connectivity index (χ1) is 11.6. The predicted octanol–water partition coefficient (Wildman–Crippen LogP) is 2.55. The number of benzene rings is 1. The number of hydrogen-bond donors (Lipinski definition) is 2. The van der Waals surface area contributed by atoms with Crippen LogP contribution >= 0.6 is 24.0 Å². The monoisotopic (exact) mass is 480 g/mol. The first-order valence-electron chi connectivity index (χ1n) is 8.69. The lowest BCUT2D eigenvalue weighted by molar-refractivity contribution is 0.346. The molecule has 1 aliphatic rings. The van der Waals surface area contributed by atoms with Crippen LogP contribution in [0.25, 0.3) is 0 Å². The number of guanidine groups is 1. The van der Waals surface area contributed by atoms with E-state index < -0.39 is 10.0 Å². The van der Waals surface area contributed by atoms with E-state index in [0.717, 1.165) is 43.9 Å². The van der Waals surface area contributed by atoms with Crippen molar-refractivity contribution >= 4 is 40.0 Å². The molecule has 6 nitrogen and oxygen atoms in total. The van der Waals surface area contributed by atoms with Crippen LogP contribution < -0.4 is 10.6 Å². The van der Waals surface area contributed by atoms with Gasteiger partial charge in [-0.2, -0.15) is 4.31 Å². The Morgan fingerprint density at radius 2 is 1.76 bits per heavy atom. The zero-order chi connectivity index (χ0) is 17.4. The first-order valence-corrected chi connectivity index (χ1v) is 10.1. The van der Waals surface area contributed by atoms with Crippen molar-refractivity contribution in [3.63, 3.8) is 0 Å². The first kappa shape index (κ1) is 22.2. The number of halogens is 1. The van der Waals surface area contributed by atoms with Gasteiger partial charge in [0.25, 0.3) is 0 Å². The number of nitrogens with one attached hydrogen (secondary N) is 2. The molecule has 8 heteroatoms. The molecule has 1 aromatic carbocycles. The van der Waals surface area contributed by atoms with E-state index in [2.05, 4.69) is 15.6 Å². The van der Waals surface area contributed by atoms with Gasteiger partial charge in [-0.25, -0.2) is 13.4 Å². The van der Waals surface area contributed by atoms with E-state index in [1.54, 1.807) is 22.5 Å². The summed E-state index contributed by atoms with van der Waals surface area (Å²) in [5, 5.41) is 6.33. The minimum atomic E-state index is -3.39. The molecule has 0 amide bonds. The van der Waals surface area contributed by atoms with Crippen LogP contribution in [-0.4, -0.2) is 44.9 Å². The largest absolute Gasteiger partial charge is 0.357 e. The van der Waals surface area contributed by atoms with Crippen molar-refractivity contribution in [1.29, 1.82) is 0 Å². The summed E-state index contributed by atoms with van der Waals surface area (Å²) in [4.78, 5) is 4.86. The molecule has 0 bridgehead atoms. The number of hydrogen-bond acceptors (Lipinski definition) is 3. The normalized spacial score (nSPS) is 15.1. The Bertz CT molecular complexity index is 650. The quantitative estimate of drug-likeness (QED) is 0.373. The topological polar surface area (TPSA) is 73.8 Å². The third kappa shape index (κ3) is 6.41. The Kier molecular flexibility index (Phi) is 9.73. The van der Waals surface area contributed by atoms with Gasteiger partial charge < -0.3 is 10.6 Å². The van der Waals surface area contributed by atoms with E-state index in [4.69, 9.17) is 0 Å². The molecule has 0 aromatic heterocycles. The summed E-state index contributed by atoms with van der Waals surface area (Å²) in [5.41, 5.74) is 0.890. The molecule has 0 atom stereocenters. The Morgan fingerprint density at radius 3 is 2.36 bits per heavy atom. The van der Waals surface area contributed by atoms with Gasteiger partial charge in [0, 0.05) is 26.2 Å². The predicted molar refractivity (Wildman–Crippen MR) is 113 cm³/mol. The minimum absolute atomic E-state index is 0. The van der Waals surface area contributed by atoms with Gasteiger partial charge in [0.05, 0.1) is 11.4 Å². The van der Waals surface area contributed by atoms with E-state index in [-0.39, 0.29) is 24.0 Å². The van der Waals surface area contributed by atoms with Gasteiger partial charge in [-0.05, 0) is 44.4 Å². The number of aliphatic imine (C=N–C) groups is 1. The summed E-state index contributed by atoms with van der Waals surface area (Å²) in [7, 11) is -3.39.